The first-order valence-electron chi connectivity index (χ1n) is 9.02. The second-order valence-electron chi connectivity index (χ2n) is 7.00. The predicted molar refractivity (Wildman–Crippen MR) is 100.0 cm³/mol. The number of carboxylic acids is 1. The number of hydrogen-bond acceptors (Lipinski definition) is 4. The first-order valence-corrected chi connectivity index (χ1v) is 9.02. The second-order valence-corrected chi connectivity index (χ2v) is 7.00. The van der Waals surface area contributed by atoms with Crippen molar-refractivity contribution >= 4 is 11.9 Å². The molecule has 0 bridgehead atoms. The van der Waals surface area contributed by atoms with Gasteiger partial charge in [-0.05, 0) is 44.4 Å². The topological polar surface area (TPSA) is 103 Å². The van der Waals surface area contributed by atoms with Gasteiger partial charge in [0, 0.05) is 30.3 Å². The molecule has 142 valence electrons. The molecular weight excluding hydrogens is 346 g/mol. The highest BCUT2D eigenvalue weighted by molar-refractivity contribution is 5.87. The normalized spacial score (nSPS) is 17.0. The fourth-order valence-electron chi connectivity index (χ4n) is 3.60. The Bertz CT molecular complexity index is 918. The number of aromatic carboxylic acids is 1. The summed E-state index contributed by atoms with van der Waals surface area (Å²) in [6.45, 7) is 4.69. The molecular formula is C20H23N3O4. The number of H-pyrrole nitrogens is 1. The van der Waals surface area contributed by atoms with Crippen LogP contribution >= 0.6 is 0 Å². The van der Waals surface area contributed by atoms with Gasteiger partial charge in [0.15, 0.2) is 0 Å². The maximum Gasteiger partial charge on any atom is 0.335 e. The van der Waals surface area contributed by atoms with Crippen molar-refractivity contribution in [1.82, 2.24) is 14.9 Å². The zero-order valence-electron chi connectivity index (χ0n) is 15.5. The first kappa shape index (κ1) is 18.8. The van der Waals surface area contributed by atoms with Crippen LogP contribution in [0.3, 0.4) is 0 Å². The van der Waals surface area contributed by atoms with Crippen LogP contribution in [0.5, 0.6) is 0 Å². The Balaban J connectivity index is 1.71. The molecule has 1 aromatic carbocycles. The average molecular weight is 369 g/mol. The minimum atomic E-state index is -0.950. The lowest BCUT2D eigenvalue weighted by Gasteiger charge is -2.33. The lowest BCUT2D eigenvalue weighted by molar-refractivity contribution is -0.131. The molecule has 1 amide bonds. The highest BCUT2D eigenvalue weighted by atomic mass is 16.4. The van der Waals surface area contributed by atoms with Gasteiger partial charge in [-0.25, -0.2) is 9.78 Å². The molecule has 2 aromatic rings. The molecule has 2 heterocycles. The summed E-state index contributed by atoms with van der Waals surface area (Å²) < 4.78 is 0. The van der Waals surface area contributed by atoms with Crippen LogP contribution in [0.4, 0.5) is 0 Å². The van der Waals surface area contributed by atoms with E-state index in [-0.39, 0.29) is 29.4 Å². The van der Waals surface area contributed by atoms with Crippen LogP contribution in [0.15, 0.2) is 29.1 Å². The van der Waals surface area contributed by atoms with Crippen LogP contribution < -0.4 is 5.56 Å². The number of aromatic nitrogens is 2. The van der Waals surface area contributed by atoms with Crippen molar-refractivity contribution in [3.8, 4) is 0 Å². The number of likely N-dealkylation sites (tertiary alicyclic amines) is 1. The molecule has 0 aliphatic carbocycles. The van der Waals surface area contributed by atoms with E-state index >= 15 is 0 Å². The van der Waals surface area contributed by atoms with E-state index in [1.165, 1.54) is 0 Å². The van der Waals surface area contributed by atoms with Crippen LogP contribution in [0, 0.1) is 13.8 Å². The molecule has 3 rings (SSSR count). The minimum absolute atomic E-state index is 0.0408. The van der Waals surface area contributed by atoms with Gasteiger partial charge in [0.05, 0.1) is 12.0 Å². The first-order chi connectivity index (χ1) is 12.8. The number of amides is 1. The molecule has 1 atom stereocenters. The summed E-state index contributed by atoms with van der Waals surface area (Å²) in [5.74, 6) is -0.326. The molecule has 0 spiro atoms. The van der Waals surface area contributed by atoms with Gasteiger partial charge in [0.2, 0.25) is 5.91 Å². The number of benzene rings is 1. The average Bonchev–Trinajstić information content (AvgIpc) is 2.64. The van der Waals surface area contributed by atoms with E-state index < -0.39 is 5.97 Å². The predicted octanol–water partition coefficient (Wildman–Crippen LogP) is 2.03. The number of carbonyl (C=O) groups excluding carboxylic acids is 1. The number of hydrogen-bond donors (Lipinski definition) is 2. The van der Waals surface area contributed by atoms with Crippen LogP contribution in [0.2, 0.25) is 0 Å². The standard InChI is InChI=1S/C20H23N3O4/c1-12-17(19(25)22-13(2)21-12)10-18(24)23-9-3-4-16(11-23)14-5-7-15(8-6-14)20(26)27/h5-8,16H,3-4,9-11H2,1-2H3,(H,26,27)(H,21,22,25). The second kappa shape index (κ2) is 7.73. The summed E-state index contributed by atoms with van der Waals surface area (Å²) in [5.41, 5.74) is 2.03. The highest BCUT2D eigenvalue weighted by Gasteiger charge is 2.26. The quantitative estimate of drug-likeness (QED) is 0.858. The highest BCUT2D eigenvalue weighted by Crippen LogP contribution is 2.27. The van der Waals surface area contributed by atoms with E-state index in [0.717, 1.165) is 18.4 Å². The zero-order chi connectivity index (χ0) is 19.6. The summed E-state index contributed by atoms with van der Waals surface area (Å²) in [4.78, 5) is 44.6. The monoisotopic (exact) mass is 369 g/mol. The van der Waals surface area contributed by atoms with Crippen molar-refractivity contribution in [3.63, 3.8) is 0 Å². The van der Waals surface area contributed by atoms with Crippen LogP contribution in [0.25, 0.3) is 0 Å². The van der Waals surface area contributed by atoms with Gasteiger partial charge in [-0.1, -0.05) is 12.1 Å². The van der Waals surface area contributed by atoms with E-state index in [4.69, 9.17) is 5.11 Å². The summed E-state index contributed by atoms with van der Waals surface area (Å²) in [6, 6.07) is 6.83. The molecule has 1 aliphatic rings. The molecule has 1 unspecified atom stereocenters. The molecule has 0 radical (unpaired) electrons. The van der Waals surface area contributed by atoms with Gasteiger partial charge < -0.3 is 15.0 Å². The molecule has 7 heteroatoms. The van der Waals surface area contributed by atoms with Gasteiger partial charge in [0.1, 0.15) is 5.82 Å². The number of nitrogens with zero attached hydrogens (tertiary/aromatic N) is 2. The number of carbonyl (C=O) groups is 2. The fourth-order valence-corrected chi connectivity index (χ4v) is 3.60. The van der Waals surface area contributed by atoms with Crippen LogP contribution in [-0.2, 0) is 11.2 Å². The number of aryl methyl sites for hydroxylation is 2. The van der Waals surface area contributed by atoms with Crippen molar-refractivity contribution in [3.05, 3.63) is 62.8 Å². The molecule has 1 aromatic heterocycles. The minimum Gasteiger partial charge on any atom is -0.478 e. The third-order valence-corrected chi connectivity index (χ3v) is 5.07. The van der Waals surface area contributed by atoms with E-state index in [0.29, 0.717) is 30.2 Å². The summed E-state index contributed by atoms with van der Waals surface area (Å²) >= 11 is 0. The molecule has 0 saturated carbocycles. The van der Waals surface area contributed by atoms with Crippen molar-refractivity contribution in [2.75, 3.05) is 13.1 Å². The van der Waals surface area contributed by atoms with Crippen LogP contribution in [0.1, 0.15) is 51.8 Å². The Morgan fingerprint density at radius 1 is 1.26 bits per heavy atom. The van der Waals surface area contributed by atoms with Gasteiger partial charge in [-0.15, -0.1) is 0 Å². The number of nitrogens with one attached hydrogen (secondary N) is 1. The molecule has 27 heavy (non-hydrogen) atoms. The molecule has 2 N–H and O–H groups in total. The van der Waals surface area contributed by atoms with E-state index in [1.807, 2.05) is 12.1 Å². The number of aromatic amines is 1. The zero-order valence-corrected chi connectivity index (χ0v) is 15.5. The summed E-state index contributed by atoms with van der Waals surface area (Å²) in [6.07, 6.45) is 1.86. The molecule has 1 fully saturated rings. The van der Waals surface area contributed by atoms with Gasteiger partial charge in [0.25, 0.3) is 5.56 Å². The number of rotatable bonds is 4. The third kappa shape index (κ3) is 4.24. The van der Waals surface area contributed by atoms with E-state index in [2.05, 4.69) is 9.97 Å². The Kier molecular flexibility index (Phi) is 5.39. The van der Waals surface area contributed by atoms with Gasteiger partial charge in [-0.3, -0.25) is 9.59 Å². The fraction of sp³-hybridized carbons (Fsp3) is 0.400. The molecule has 1 aliphatic heterocycles. The van der Waals surface area contributed by atoms with Crippen LogP contribution in [-0.4, -0.2) is 44.9 Å². The van der Waals surface area contributed by atoms with Crippen molar-refractivity contribution < 1.29 is 14.7 Å². The van der Waals surface area contributed by atoms with Gasteiger partial charge in [-0.2, -0.15) is 0 Å². The van der Waals surface area contributed by atoms with Gasteiger partial charge >= 0.3 is 5.97 Å². The maximum absolute atomic E-state index is 12.7. The Morgan fingerprint density at radius 2 is 1.96 bits per heavy atom. The number of carboxylic acid groups (broad SMARTS) is 1. The lowest BCUT2D eigenvalue weighted by atomic mass is 9.90. The Labute approximate surface area is 157 Å². The Hall–Kier alpha value is -2.96. The third-order valence-electron chi connectivity index (χ3n) is 5.07. The maximum atomic E-state index is 12.7. The van der Waals surface area contributed by atoms with E-state index in [9.17, 15) is 14.4 Å². The van der Waals surface area contributed by atoms with Crippen molar-refractivity contribution in [2.45, 2.75) is 39.0 Å². The summed E-state index contributed by atoms with van der Waals surface area (Å²) in [5, 5.41) is 9.02. The van der Waals surface area contributed by atoms with Crippen molar-refractivity contribution in [1.29, 1.82) is 0 Å². The lowest BCUT2D eigenvalue weighted by Crippen LogP contribution is -2.40. The summed E-state index contributed by atoms with van der Waals surface area (Å²) in [7, 11) is 0. The largest absolute Gasteiger partial charge is 0.478 e. The number of piperidine rings is 1. The smallest absolute Gasteiger partial charge is 0.335 e. The SMILES string of the molecule is Cc1nc(C)c(CC(=O)N2CCCC(c3ccc(C(=O)O)cc3)C2)c(=O)[nH]1. The Morgan fingerprint density at radius 3 is 2.59 bits per heavy atom. The molecule has 1 saturated heterocycles. The van der Waals surface area contributed by atoms with Crippen molar-refractivity contribution in [2.24, 2.45) is 0 Å². The molecule has 7 nitrogen and oxygen atoms in total. The van der Waals surface area contributed by atoms with E-state index in [1.54, 1.807) is 30.9 Å².